The predicted molar refractivity (Wildman–Crippen MR) is 60.3 cm³/mol. The van der Waals surface area contributed by atoms with E-state index >= 15 is 0 Å². The monoisotopic (exact) mass is 199 g/mol. The molecule has 0 amide bonds. The van der Waals surface area contributed by atoms with Gasteiger partial charge in [-0.1, -0.05) is 30.3 Å². The standard InChI is InChI=1S/C12H13N3/c13-11-8-9-14-12(15-11)7-6-10-4-2-1-3-5-10/h1-5,8-9H,6-7H2,(H2,13,14,15). The van der Waals surface area contributed by atoms with Gasteiger partial charge in [0.2, 0.25) is 0 Å². The summed E-state index contributed by atoms with van der Waals surface area (Å²) in [7, 11) is 0. The van der Waals surface area contributed by atoms with Crippen molar-refractivity contribution in [2.24, 2.45) is 0 Å². The fraction of sp³-hybridized carbons (Fsp3) is 0.167. The molecule has 0 saturated carbocycles. The molecule has 2 rings (SSSR count). The van der Waals surface area contributed by atoms with Crippen molar-refractivity contribution >= 4 is 5.82 Å². The van der Waals surface area contributed by atoms with Crippen LogP contribution in [-0.2, 0) is 12.8 Å². The average molecular weight is 199 g/mol. The molecular formula is C12H13N3. The fourth-order valence-electron chi connectivity index (χ4n) is 1.44. The SMILES string of the molecule is Nc1ccnc(CCc2ccccc2)n1. The molecule has 0 unspecified atom stereocenters. The van der Waals surface area contributed by atoms with Crippen LogP contribution in [-0.4, -0.2) is 9.97 Å². The maximum Gasteiger partial charge on any atom is 0.130 e. The highest BCUT2D eigenvalue weighted by Crippen LogP contribution is 2.04. The summed E-state index contributed by atoms with van der Waals surface area (Å²) in [6, 6.07) is 12.0. The lowest BCUT2D eigenvalue weighted by molar-refractivity contribution is 0.861. The smallest absolute Gasteiger partial charge is 0.130 e. The zero-order valence-corrected chi connectivity index (χ0v) is 8.43. The Morgan fingerprint density at radius 2 is 1.80 bits per heavy atom. The Kier molecular flexibility index (Phi) is 2.93. The molecule has 0 atom stereocenters. The van der Waals surface area contributed by atoms with Crippen molar-refractivity contribution in [1.82, 2.24) is 9.97 Å². The van der Waals surface area contributed by atoms with E-state index in [4.69, 9.17) is 5.73 Å². The molecule has 0 aliphatic heterocycles. The van der Waals surface area contributed by atoms with Crippen LogP contribution in [0.25, 0.3) is 0 Å². The van der Waals surface area contributed by atoms with E-state index in [2.05, 4.69) is 22.1 Å². The Labute approximate surface area is 89.0 Å². The molecule has 15 heavy (non-hydrogen) atoms. The highest BCUT2D eigenvalue weighted by atomic mass is 14.9. The average Bonchev–Trinajstić information content (AvgIpc) is 2.28. The van der Waals surface area contributed by atoms with E-state index < -0.39 is 0 Å². The first-order valence-electron chi connectivity index (χ1n) is 4.96. The van der Waals surface area contributed by atoms with Crippen molar-refractivity contribution in [3.8, 4) is 0 Å². The van der Waals surface area contributed by atoms with Gasteiger partial charge >= 0.3 is 0 Å². The third-order valence-corrected chi connectivity index (χ3v) is 2.21. The lowest BCUT2D eigenvalue weighted by Crippen LogP contribution is -2.00. The second-order valence-corrected chi connectivity index (χ2v) is 3.38. The molecule has 0 aliphatic carbocycles. The van der Waals surface area contributed by atoms with Crippen LogP contribution in [0.1, 0.15) is 11.4 Å². The molecule has 1 heterocycles. The predicted octanol–water partition coefficient (Wildman–Crippen LogP) is 1.84. The first-order valence-corrected chi connectivity index (χ1v) is 4.96. The third kappa shape index (κ3) is 2.77. The number of benzene rings is 1. The number of aryl methyl sites for hydroxylation is 2. The fourth-order valence-corrected chi connectivity index (χ4v) is 1.44. The summed E-state index contributed by atoms with van der Waals surface area (Å²) in [5, 5.41) is 0. The topological polar surface area (TPSA) is 51.8 Å². The number of rotatable bonds is 3. The Balaban J connectivity index is 1.99. The van der Waals surface area contributed by atoms with Crippen molar-refractivity contribution in [2.75, 3.05) is 5.73 Å². The molecular weight excluding hydrogens is 186 g/mol. The molecule has 3 heteroatoms. The third-order valence-electron chi connectivity index (χ3n) is 2.21. The van der Waals surface area contributed by atoms with E-state index in [9.17, 15) is 0 Å². The summed E-state index contributed by atoms with van der Waals surface area (Å²) >= 11 is 0. The van der Waals surface area contributed by atoms with E-state index in [1.807, 2.05) is 18.2 Å². The quantitative estimate of drug-likeness (QED) is 0.820. The molecule has 1 aromatic carbocycles. The molecule has 2 aromatic rings. The normalized spacial score (nSPS) is 10.1. The summed E-state index contributed by atoms with van der Waals surface area (Å²) < 4.78 is 0. The largest absolute Gasteiger partial charge is 0.384 e. The lowest BCUT2D eigenvalue weighted by atomic mass is 10.1. The molecule has 1 aromatic heterocycles. The van der Waals surface area contributed by atoms with Crippen molar-refractivity contribution in [3.05, 3.63) is 54.0 Å². The van der Waals surface area contributed by atoms with Gasteiger partial charge in [-0.15, -0.1) is 0 Å². The molecule has 0 radical (unpaired) electrons. The first-order chi connectivity index (χ1) is 7.34. The zero-order chi connectivity index (χ0) is 10.5. The summed E-state index contributed by atoms with van der Waals surface area (Å²) in [5.41, 5.74) is 6.87. The molecule has 0 aliphatic rings. The van der Waals surface area contributed by atoms with E-state index in [1.165, 1.54) is 5.56 Å². The summed E-state index contributed by atoms with van der Waals surface area (Å²) in [6.07, 6.45) is 3.47. The number of nitrogens with zero attached hydrogens (tertiary/aromatic N) is 2. The van der Waals surface area contributed by atoms with Crippen LogP contribution in [0, 0.1) is 0 Å². The van der Waals surface area contributed by atoms with E-state index in [1.54, 1.807) is 12.3 Å². The van der Waals surface area contributed by atoms with Crippen LogP contribution in [0.15, 0.2) is 42.6 Å². The van der Waals surface area contributed by atoms with Crippen molar-refractivity contribution in [3.63, 3.8) is 0 Å². The first kappa shape index (κ1) is 9.65. The van der Waals surface area contributed by atoms with Crippen LogP contribution < -0.4 is 5.73 Å². The van der Waals surface area contributed by atoms with Gasteiger partial charge in [0.1, 0.15) is 11.6 Å². The number of nitrogen functional groups attached to an aromatic ring is 1. The summed E-state index contributed by atoms with van der Waals surface area (Å²) in [6.45, 7) is 0. The number of hydrogen-bond donors (Lipinski definition) is 1. The lowest BCUT2D eigenvalue weighted by Gasteiger charge is -2.00. The van der Waals surface area contributed by atoms with E-state index in [0.29, 0.717) is 5.82 Å². The number of hydrogen-bond acceptors (Lipinski definition) is 3. The van der Waals surface area contributed by atoms with Gasteiger partial charge in [-0.25, -0.2) is 9.97 Å². The van der Waals surface area contributed by atoms with Gasteiger partial charge in [0.25, 0.3) is 0 Å². The van der Waals surface area contributed by atoms with Gasteiger partial charge in [0.05, 0.1) is 0 Å². The van der Waals surface area contributed by atoms with Crippen molar-refractivity contribution < 1.29 is 0 Å². The summed E-state index contributed by atoms with van der Waals surface area (Å²) in [5.74, 6) is 1.34. The molecule has 0 spiro atoms. The van der Waals surface area contributed by atoms with Gasteiger partial charge in [-0.3, -0.25) is 0 Å². The van der Waals surface area contributed by atoms with E-state index in [-0.39, 0.29) is 0 Å². The van der Waals surface area contributed by atoms with Crippen LogP contribution in [0.4, 0.5) is 5.82 Å². The van der Waals surface area contributed by atoms with Crippen LogP contribution in [0.2, 0.25) is 0 Å². The molecule has 3 nitrogen and oxygen atoms in total. The number of nitrogens with two attached hydrogens (primary N) is 1. The van der Waals surface area contributed by atoms with E-state index in [0.717, 1.165) is 18.7 Å². The number of aromatic nitrogens is 2. The second kappa shape index (κ2) is 4.55. The van der Waals surface area contributed by atoms with Crippen molar-refractivity contribution in [2.45, 2.75) is 12.8 Å². The van der Waals surface area contributed by atoms with Gasteiger partial charge in [-0.05, 0) is 18.1 Å². The maximum atomic E-state index is 5.58. The minimum absolute atomic E-state index is 0.535. The van der Waals surface area contributed by atoms with Crippen LogP contribution in [0.3, 0.4) is 0 Å². The Hall–Kier alpha value is -1.90. The molecule has 76 valence electrons. The zero-order valence-electron chi connectivity index (χ0n) is 8.43. The van der Waals surface area contributed by atoms with Gasteiger partial charge in [0, 0.05) is 12.6 Å². The Morgan fingerprint density at radius 1 is 1.00 bits per heavy atom. The second-order valence-electron chi connectivity index (χ2n) is 3.38. The highest BCUT2D eigenvalue weighted by molar-refractivity contribution is 5.25. The van der Waals surface area contributed by atoms with Crippen LogP contribution in [0.5, 0.6) is 0 Å². The summed E-state index contributed by atoms with van der Waals surface area (Å²) in [4.78, 5) is 8.32. The minimum atomic E-state index is 0.535. The Bertz CT molecular complexity index is 426. The molecule has 0 bridgehead atoms. The maximum absolute atomic E-state index is 5.58. The highest BCUT2D eigenvalue weighted by Gasteiger charge is 1.98. The molecule has 0 saturated heterocycles. The Morgan fingerprint density at radius 3 is 2.53 bits per heavy atom. The molecule has 2 N–H and O–H groups in total. The van der Waals surface area contributed by atoms with Gasteiger partial charge < -0.3 is 5.73 Å². The van der Waals surface area contributed by atoms with Gasteiger partial charge in [-0.2, -0.15) is 0 Å². The van der Waals surface area contributed by atoms with Crippen LogP contribution >= 0.6 is 0 Å². The van der Waals surface area contributed by atoms with Gasteiger partial charge in [0.15, 0.2) is 0 Å². The minimum Gasteiger partial charge on any atom is -0.384 e. The van der Waals surface area contributed by atoms with Crippen molar-refractivity contribution in [1.29, 1.82) is 0 Å². The molecule has 0 fully saturated rings. The number of anilines is 1.